The molecule has 104 valence electrons. The number of benzene rings is 1. The fourth-order valence-corrected chi connectivity index (χ4v) is 1.64. The van der Waals surface area contributed by atoms with Crippen LogP contribution in [-0.4, -0.2) is 42.6 Å². The van der Waals surface area contributed by atoms with Gasteiger partial charge in [0, 0.05) is 20.5 Å². The van der Waals surface area contributed by atoms with Crippen LogP contribution in [0.2, 0.25) is 0 Å². The van der Waals surface area contributed by atoms with Crippen LogP contribution in [0.1, 0.15) is 11.3 Å². The molecule has 0 atom stereocenters. The van der Waals surface area contributed by atoms with Gasteiger partial charge in [0.15, 0.2) is 5.82 Å². The first-order valence-corrected chi connectivity index (χ1v) is 6.33. The lowest BCUT2D eigenvalue weighted by Gasteiger charge is -2.04. The van der Waals surface area contributed by atoms with Gasteiger partial charge in [0.1, 0.15) is 5.75 Å². The third kappa shape index (κ3) is 4.05. The second-order valence-electron chi connectivity index (χ2n) is 4.62. The molecule has 0 unspecified atom stereocenters. The van der Waals surface area contributed by atoms with Crippen LogP contribution >= 0.6 is 0 Å². The highest BCUT2D eigenvalue weighted by Gasteiger charge is 2.00. The van der Waals surface area contributed by atoms with Crippen LogP contribution in [-0.2, 0) is 6.42 Å². The van der Waals surface area contributed by atoms with Gasteiger partial charge in [0.2, 0.25) is 0 Å². The second kappa shape index (κ2) is 6.65. The first kappa shape index (κ1) is 14.0. The van der Waals surface area contributed by atoms with E-state index in [-0.39, 0.29) is 0 Å². The number of nitrogens with zero attached hydrogens (tertiary/aromatic N) is 4. The van der Waals surface area contributed by atoms with Crippen LogP contribution in [0.5, 0.6) is 5.75 Å². The van der Waals surface area contributed by atoms with E-state index in [2.05, 4.69) is 15.2 Å². The van der Waals surface area contributed by atoms with Gasteiger partial charge in [0.25, 0.3) is 0 Å². The maximum absolute atomic E-state index is 5.13. The van der Waals surface area contributed by atoms with Crippen LogP contribution in [0, 0.1) is 0 Å². The van der Waals surface area contributed by atoms with Gasteiger partial charge in [-0.3, -0.25) is 0 Å². The minimum absolute atomic E-state index is 0.609. The van der Waals surface area contributed by atoms with Crippen LogP contribution in [0.15, 0.2) is 41.4 Å². The molecule has 2 aromatic rings. The van der Waals surface area contributed by atoms with E-state index >= 15 is 0 Å². The number of hydrogen-bond donors (Lipinski definition) is 0. The lowest BCUT2D eigenvalue weighted by atomic mass is 10.1. The summed E-state index contributed by atoms with van der Waals surface area (Å²) in [5.74, 6) is 1.46. The number of aliphatic imine (C=N–C) groups is 1. The molecule has 0 aliphatic carbocycles. The molecule has 20 heavy (non-hydrogen) atoms. The molecule has 2 rings (SSSR count). The molecular weight excluding hydrogens is 252 g/mol. The molecule has 5 nitrogen and oxygen atoms in total. The summed E-state index contributed by atoms with van der Waals surface area (Å²) in [6.07, 6.45) is 2.45. The van der Waals surface area contributed by atoms with Crippen molar-refractivity contribution < 1.29 is 4.74 Å². The van der Waals surface area contributed by atoms with Gasteiger partial charge in [-0.15, -0.1) is 5.10 Å². The van der Waals surface area contributed by atoms with Crippen LogP contribution in [0.3, 0.4) is 0 Å². The lowest BCUT2D eigenvalue weighted by Crippen LogP contribution is -2.07. The Bertz CT molecular complexity index is 561. The summed E-state index contributed by atoms with van der Waals surface area (Å²) in [5, 5.41) is 8.26. The standard InChI is InChI=1S/C15H18N4O/c1-19(2)11-16-15-9-6-13(17-18-15)10-12-4-7-14(20-3)8-5-12/h4-9,11H,10H2,1-3H3/b16-11-. The summed E-state index contributed by atoms with van der Waals surface area (Å²) in [4.78, 5) is 6.04. The molecule has 0 radical (unpaired) electrons. The highest BCUT2D eigenvalue weighted by Crippen LogP contribution is 2.14. The van der Waals surface area contributed by atoms with Gasteiger partial charge in [-0.05, 0) is 29.8 Å². The normalized spacial score (nSPS) is 10.8. The highest BCUT2D eigenvalue weighted by atomic mass is 16.5. The first-order chi connectivity index (χ1) is 9.67. The van der Waals surface area contributed by atoms with Crippen molar-refractivity contribution in [2.45, 2.75) is 6.42 Å². The number of ether oxygens (including phenoxy) is 1. The average molecular weight is 270 g/mol. The molecule has 1 aromatic heterocycles. The zero-order chi connectivity index (χ0) is 14.4. The van der Waals surface area contributed by atoms with E-state index in [0.29, 0.717) is 5.82 Å². The topological polar surface area (TPSA) is 50.6 Å². The molecule has 0 amide bonds. The van der Waals surface area contributed by atoms with Crippen LogP contribution in [0.4, 0.5) is 5.82 Å². The van der Waals surface area contributed by atoms with E-state index in [4.69, 9.17) is 4.74 Å². The summed E-state index contributed by atoms with van der Waals surface area (Å²) < 4.78 is 5.13. The third-order valence-electron chi connectivity index (χ3n) is 2.67. The number of methoxy groups -OCH3 is 1. The first-order valence-electron chi connectivity index (χ1n) is 6.33. The molecule has 0 fully saturated rings. The minimum atomic E-state index is 0.609. The Morgan fingerprint density at radius 2 is 1.85 bits per heavy atom. The molecule has 0 N–H and O–H groups in total. The minimum Gasteiger partial charge on any atom is -0.497 e. The molecule has 0 spiro atoms. The molecule has 0 aliphatic rings. The van der Waals surface area contributed by atoms with E-state index in [1.165, 1.54) is 5.56 Å². The van der Waals surface area contributed by atoms with Gasteiger partial charge in [0.05, 0.1) is 19.1 Å². The van der Waals surface area contributed by atoms with E-state index in [9.17, 15) is 0 Å². The summed E-state index contributed by atoms with van der Waals surface area (Å²) >= 11 is 0. The fourth-order valence-electron chi connectivity index (χ4n) is 1.64. The predicted octanol–water partition coefficient (Wildman–Crippen LogP) is 2.30. The second-order valence-corrected chi connectivity index (χ2v) is 4.62. The van der Waals surface area contributed by atoms with E-state index in [0.717, 1.165) is 17.9 Å². The molecule has 1 aromatic carbocycles. The lowest BCUT2D eigenvalue weighted by molar-refractivity contribution is 0.414. The Morgan fingerprint density at radius 1 is 1.10 bits per heavy atom. The Hall–Kier alpha value is -2.43. The van der Waals surface area contributed by atoms with Gasteiger partial charge in [-0.2, -0.15) is 5.10 Å². The zero-order valence-electron chi connectivity index (χ0n) is 11.9. The smallest absolute Gasteiger partial charge is 0.175 e. The molecule has 0 bridgehead atoms. The monoisotopic (exact) mass is 270 g/mol. The van der Waals surface area contributed by atoms with Crippen molar-refractivity contribution in [2.24, 2.45) is 4.99 Å². The SMILES string of the molecule is COc1ccc(Cc2ccc(/N=C\N(C)C)nn2)cc1. The Balaban J connectivity index is 2.02. The molecule has 0 saturated carbocycles. The Labute approximate surface area is 118 Å². The Kier molecular flexibility index (Phi) is 4.65. The predicted molar refractivity (Wildman–Crippen MR) is 79.7 cm³/mol. The van der Waals surface area contributed by atoms with E-state index < -0.39 is 0 Å². The van der Waals surface area contributed by atoms with Crippen LogP contribution < -0.4 is 4.74 Å². The summed E-state index contributed by atoms with van der Waals surface area (Å²) in [6, 6.07) is 11.7. The van der Waals surface area contributed by atoms with Gasteiger partial charge >= 0.3 is 0 Å². The van der Waals surface area contributed by atoms with Gasteiger partial charge in [-0.25, -0.2) is 4.99 Å². The molecule has 5 heteroatoms. The van der Waals surface area contributed by atoms with Gasteiger partial charge < -0.3 is 9.64 Å². The summed E-state index contributed by atoms with van der Waals surface area (Å²) in [7, 11) is 5.48. The maximum atomic E-state index is 5.13. The average Bonchev–Trinajstić information content (AvgIpc) is 2.47. The van der Waals surface area contributed by atoms with Crippen molar-refractivity contribution >= 4 is 12.2 Å². The molecule has 1 heterocycles. The van der Waals surface area contributed by atoms with Gasteiger partial charge in [-0.1, -0.05) is 12.1 Å². The molecule has 0 saturated heterocycles. The van der Waals surface area contributed by atoms with Crippen molar-refractivity contribution in [3.8, 4) is 5.75 Å². The van der Waals surface area contributed by atoms with E-state index in [1.807, 2.05) is 55.4 Å². The van der Waals surface area contributed by atoms with E-state index in [1.54, 1.807) is 13.4 Å². The largest absolute Gasteiger partial charge is 0.497 e. The van der Waals surface area contributed by atoms with Crippen molar-refractivity contribution in [3.05, 3.63) is 47.7 Å². The van der Waals surface area contributed by atoms with Crippen molar-refractivity contribution in [1.82, 2.24) is 15.1 Å². The van der Waals surface area contributed by atoms with Crippen molar-refractivity contribution in [1.29, 1.82) is 0 Å². The maximum Gasteiger partial charge on any atom is 0.175 e. The quantitative estimate of drug-likeness (QED) is 0.618. The van der Waals surface area contributed by atoms with Crippen molar-refractivity contribution in [3.63, 3.8) is 0 Å². The summed E-state index contributed by atoms with van der Waals surface area (Å²) in [6.45, 7) is 0. The number of aromatic nitrogens is 2. The molecular formula is C15H18N4O. The van der Waals surface area contributed by atoms with Crippen molar-refractivity contribution in [2.75, 3.05) is 21.2 Å². The highest BCUT2D eigenvalue weighted by molar-refractivity contribution is 5.58. The fraction of sp³-hybridized carbons (Fsp3) is 0.267. The summed E-state index contributed by atoms with van der Waals surface area (Å²) in [5.41, 5.74) is 2.09. The van der Waals surface area contributed by atoms with Crippen LogP contribution in [0.25, 0.3) is 0 Å². The third-order valence-corrected chi connectivity index (χ3v) is 2.67. The zero-order valence-corrected chi connectivity index (χ0v) is 11.9. The number of hydrogen-bond acceptors (Lipinski definition) is 4. The Morgan fingerprint density at radius 3 is 2.40 bits per heavy atom. The molecule has 0 aliphatic heterocycles. The number of rotatable bonds is 5.